The molecule has 1 saturated carbocycles. The van der Waals surface area contributed by atoms with Crippen LogP contribution < -0.4 is 0 Å². The monoisotopic (exact) mass is 153 g/mol. The summed E-state index contributed by atoms with van der Waals surface area (Å²) in [4.78, 5) is 12.0. The molecule has 0 aliphatic heterocycles. The number of nitrogens with zero attached hydrogens (tertiary/aromatic N) is 1. The lowest BCUT2D eigenvalue weighted by molar-refractivity contribution is 0.255. The molecule has 1 fully saturated rings. The van der Waals surface area contributed by atoms with Crippen molar-refractivity contribution in [1.29, 1.82) is 0 Å². The van der Waals surface area contributed by atoms with Gasteiger partial charge >= 0.3 is 0 Å². The molecule has 0 radical (unpaired) electrons. The van der Waals surface area contributed by atoms with Crippen LogP contribution in [0.25, 0.3) is 0 Å². The van der Waals surface area contributed by atoms with Crippen LogP contribution in [0.2, 0.25) is 0 Å². The summed E-state index contributed by atoms with van der Waals surface area (Å²) < 4.78 is 0. The van der Waals surface area contributed by atoms with Crippen molar-refractivity contribution < 1.29 is 4.79 Å². The molecule has 2 nitrogen and oxygen atoms in total. The molecule has 1 aliphatic rings. The number of carbonyl (C=O) groups excluding carboxylic acids is 1. The summed E-state index contributed by atoms with van der Waals surface area (Å²) in [5.74, 6) is 1.82. The van der Waals surface area contributed by atoms with E-state index >= 15 is 0 Å². The lowest BCUT2D eigenvalue weighted by atomic mass is 9.95. The average molecular weight is 153 g/mol. The van der Waals surface area contributed by atoms with Crippen LogP contribution >= 0.6 is 0 Å². The van der Waals surface area contributed by atoms with Gasteiger partial charge in [-0.3, -0.25) is 0 Å². The molecule has 0 spiro atoms. The topological polar surface area (TPSA) is 20.3 Å². The molecule has 0 aromatic carbocycles. The highest BCUT2D eigenvalue weighted by atomic mass is 16.1. The summed E-state index contributed by atoms with van der Waals surface area (Å²) in [6.07, 6.45) is 7.94. The van der Waals surface area contributed by atoms with Crippen molar-refractivity contribution >= 4 is 5.94 Å². The third-order valence-electron chi connectivity index (χ3n) is 2.41. The predicted octanol–water partition coefficient (Wildman–Crippen LogP) is 1.60. The average Bonchev–Trinajstić information content (AvgIpc) is 2.07. The SMILES string of the molecule is CN(C=C=O)C1CCCCC1. The highest BCUT2D eigenvalue weighted by Gasteiger charge is 2.15. The Labute approximate surface area is 67.9 Å². The minimum atomic E-state index is 0.588. The van der Waals surface area contributed by atoms with Crippen LogP contribution in [0.3, 0.4) is 0 Å². The highest BCUT2D eigenvalue weighted by Crippen LogP contribution is 2.21. The van der Waals surface area contributed by atoms with Gasteiger partial charge in [0.15, 0.2) is 0 Å². The minimum absolute atomic E-state index is 0.588. The van der Waals surface area contributed by atoms with Gasteiger partial charge < -0.3 is 4.90 Å². The van der Waals surface area contributed by atoms with Gasteiger partial charge in [0.2, 0.25) is 0 Å². The Balaban J connectivity index is 2.38. The summed E-state index contributed by atoms with van der Waals surface area (Å²) in [7, 11) is 1.96. The largest absolute Gasteiger partial charge is 0.369 e. The predicted molar refractivity (Wildman–Crippen MR) is 44.9 cm³/mol. The van der Waals surface area contributed by atoms with Gasteiger partial charge in [-0.25, -0.2) is 4.79 Å². The zero-order valence-corrected chi connectivity index (χ0v) is 7.05. The smallest absolute Gasteiger partial charge is 0.142 e. The Morgan fingerprint density at radius 3 is 2.55 bits per heavy atom. The van der Waals surface area contributed by atoms with Gasteiger partial charge in [-0.05, 0) is 12.8 Å². The fraction of sp³-hybridized carbons (Fsp3) is 0.778. The maximum Gasteiger partial charge on any atom is 0.142 e. The Morgan fingerprint density at radius 2 is 2.00 bits per heavy atom. The first-order chi connectivity index (χ1) is 5.34. The Kier molecular flexibility index (Phi) is 3.18. The highest BCUT2D eigenvalue weighted by molar-refractivity contribution is 5.44. The van der Waals surface area contributed by atoms with Crippen LogP contribution in [0.5, 0.6) is 0 Å². The summed E-state index contributed by atoms with van der Waals surface area (Å²) in [6.45, 7) is 0. The quantitative estimate of drug-likeness (QED) is 0.561. The van der Waals surface area contributed by atoms with E-state index < -0.39 is 0 Å². The van der Waals surface area contributed by atoms with Crippen molar-refractivity contribution in [2.24, 2.45) is 0 Å². The molecule has 0 saturated heterocycles. The molecular formula is C9H15NO. The summed E-state index contributed by atoms with van der Waals surface area (Å²) in [5, 5.41) is 0. The van der Waals surface area contributed by atoms with Crippen LogP contribution in [-0.4, -0.2) is 23.9 Å². The molecule has 11 heavy (non-hydrogen) atoms. The molecule has 0 amide bonds. The van der Waals surface area contributed by atoms with Gasteiger partial charge in [-0.2, -0.15) is 0 Å². The molecule has 0 unspecified atom stereocenters. The standard InChI is InChI=1S/C9H15NO/c1-10(7-8-11)9-5-3-2-4-6-9/h7,9H,2-6H2,1H3. The summed E-state index contributed by atoms with van der Waals surface area (Å²) in [6, 6.07) is 0.588. The second-order valence-corrected chi connectivity index (χ2v) is 3.20. The Bertz CT molecular complexity index is 155. The lowest BCUT2D eigenvalue weighted by Gasteiger charge is -2.28. The van der Waals surface area contributed by atoms with E-state index in [2.05, 4.69) is 0 Å². The first-order valence-electron chi connectivity index (χ1n) is 4.27. The van der Waals surface area contributed by atoms with E-state index in [0.29, 0.717) is 6.04 Å². The van der Waals surface area contributed by atoms with E-state index in [1.165, 1.54) is 38.3 Å². The zero-order valence-electron chi connectivity index (χ0n) is 7.05. The molecule has 0 atom stereocenters. The first kappa shape index (κ1) is 8.35. The van der Waals surface area contributed by atoms with E-state index in [4.69, 9.17) is 0 Å². The van der Waals surface area contributed by atoms with Crippen molar-refractivity contribution in [1.82, 2.24) is 4.90 Å². The van der Waals surface area contributed by atoms with Crippen molar-refractivity contribution in [3.8, 4) is 0 Å². The van der Waals surface area contributed by atoms with Gasteiger partial charge in [-0.15, -0.1) is 0 Å². The third-order valence-corrected chi connectivity index (χ3v) is 2.41. The van der Waals surface area contributed by atoms with Crippen LogP contribution in [-0.2, 0) is 4.79 Å². The molecular weight excluding hydrogens is 138 g/mol. The number of rotatable bonds is 2. The second-order valence-electron chi connectivity index (χ2n) is 3.20. The van der Waals surface area contributed by atoms with Crippen molar-refractivity contribution in [3.63, 3.8) is 0 Å². The molecule has 62 valence electrons. The molecule has 2 heteroatoms. The van der Waals surface area contributed by atoms with E-state index in [0.717, 1.165) is 0 Å². The molecule has 0 heterocycles. The first-order valence-corrected chi connectivity index (χ1v) is 4.27. The van der Waals surface area contributed by atoms with Crippen molar-refractivity contribution in [2.45, 2.75) is 38.1 Å². The normalized spacial score (nSPS) is 19.0. The van der Waals surface area contributed by atoms with E-state index in [-0.39, 0.29) is 0 Å². The van der Waals surface area contributed by atoms with Crippen molar-refractivity contribution in [3.05, 3.63) is 6.20 Å². The zero-order chi connectivity index (χ0) is 8.10. The van der Waals surface area contributed by atoms with Gasteiger partial charge in [0.25, 0.3) is 0 Å². The van der Waals surface area contributed by atoms with Crippen LogP contribution in [0.15, 0.2) is 6.20 Å². The van der Waals surface area contributed by atoms with Crippen molar-refractivity contribution in [2.75, 3.05) is 7.05 Å². The van der Waals surface area contributed by atoms with Gasteiger partial charge in [0.1, 0.15) is 5.94 Å². The molecule has 0 aromatic heterocycles. The van der Waals surface area contributed by atoms with Crippen LogP contribution in [0, 0.1) is 0 Å². The molecule has 0 aromatic rings. The van der Waals surface area contributed by atoms with E-state index in [9.17, 15) is 4.79 Å². The Morgan fingerprint density at radius 1 is 1.36 bits per heavy atom. The second kappa shape index (κ2) is 4.20. The fourth-order valence-electron chi connectivity index (χ4n) is 1.68. The Hall–Kier alpha value is -0.750. The molecule has 1 aliphatic carbocycles. The van der Waals surface area contributed by atoms with E-state index in [1.807, 2.05) is 17.9 Å². The maximum atomic E-state index is 10.0. The molecule has 1 rings (SSSR count). The summed E-state index contributed by atoms with van der Waals surface area (Å²) in [5.41, 5.74) is 0. The fourth-order valence-corrected chi connectivity index (χ4v) is 1.68. The number of hydrogen-bond acceptors (Lipinski definition) is 2. The van der Waals surface area contributed by atoms with Gasteiger partial charge in [0.05, 0.1) is 6.20 Å². The van der Waals surface area contributed by atoms with E-state index in [1.54, 1.807) is 0 Å². The minimum Gasteiger partial charge on any atom is -0.369 e. The number of hydrogen-bond donors (Lipinski definition) is 0. The van der Waals surface area contributed by atoms with Crippen LogP contribution in [0.1, 0.15) is 32.1 Å². The summed E-state index contributed by atoms with van der Waals surface area (Å²) >= 11 is 0. The lowest BCUT2D eigenvalue weighted by Crippen LogP contribution is -2.29. The van der Waals surface area contributed by atoms with Crippen LogP contribution in [0.4, 0.5) is 0 Å². The maximum absolute atomic E-state index is 10.0. The molecule has 0 bridgehead atoms. The third kappa shape index (κ3) is 2.39. The van der Waals surface area contributed by atoms with Gasteiger partial charge in [-0.1, -0.05) is 19.3 Å². The van der Waals surface area contributed by atoms with Gasteiger partial charge in [0, 0.05) is 13.1 Å². The molecule has 0 N–H and O–H groups in total.